The molecular formula is C19H14F2N4O2S. The zero-order valence-electron chi connectivity index (χ0n) is 14.5. The zero-order valence-corrected chi connectivity index (χ0v) is 15.3. The fraction of sp³-hybridized carbons (Fsp3) is 0.105. The van der Waals surface area contributed by atoms with Crippen LogP contribution >= 0.6 is 11.3 Å². The number of amides is 1. The molecule has 0 N–H and O–H groups in total. The first-order valence-corrected chi connectivity index (χ1v) is 9.23. The first kappa shape index (κ1) is 18.1. The summed E-state index contributed by atoms with van der Waals surface area (Å²) in [4.78, 5) is 27.4. The Labute approximate surface area is 161 Å². The average Bonchev–Trinajstić information content (AvgIpc) is 3.29. The third kappa shape index (κ3) is 3.44. The van der Waals surface area contributed by atoms with Gasteiger partial charge in [0.2, 0.25) is 5.91 Å². The lowest BCUT2D eigenvalue weighted by Gasteiger charge is -2.22. The van der Waals surface area contributed by atoms with Crippen molar-refractivity contribution in [2.45, 2.75) is 13.1 Å². The van der Waals surface area contributed by atoms with Gasteiger partial charge in [-0.25, -0.2) is 18.3 Å². The molecule has 9 heteroatoms. The minimum absolute atomic E-state index is 0.0587. The van der Waals surface area contributed by atoms with E-state index in [1.807, 2.05) is 17.5 Å². The molecule has 0 saturated heterocycles. The molecule has 0 fully saturated rings. The van der Waals surface area contributed by atoms with Crippen LogP contribution in [0.2, 0.25) is 0 Å². The lowest BCUT2D eigenvalue weighted by Crippen LogP contribution is -2.37. The molecule has 0 aliphatic heterocycles. The lowest BCUT2D eigenvalue weighted by atomic mass is 10.2. The number of thiophene rings is 1. The van der Waals surface area contributed by atoms with Crippen molar-refractivity contribution < 1.29 is 13.6 Å². The fourth-order valence-corrected chi connectivity index (χ4v) is 3.54. The van der Waals surface area contributed by atoms with Crippen molar-refractivity contribution in [3.8, 4) is 0 Å². The minimum Gasteiger partial charge on any atom is -0.303 e. The van der Waals surface area contributed by atoms with Crippen LogP contribution in [-0.4, -0.2) is 20.1 Å². The summed E-state index contributed by atoms with van der Waals surface area (Å²) in [5.41, 5.74) is -0.130. The van der Waals surface area contributed by atoms with Crippen molar-refractivity contribution >= 4 is 28.6 Å². The molecule has 0 radical (unpaired) electrons. The SMILES string of the molecule is O=C(Cn1nc2ccccn2c1=O)N(Cc1cccs1)c1ccc(F)cc1F. The van der Waals surface area contributed by atoms with Gasteiger partial charge in [0.1, 0.15) is 18.2 Å². The molecule has 1 aromatic carbocycles. The Bertz CT molecular complexity index is 1200. The first-order chi connectivity index (χ1) is 13.5. The van der Waals surface area contributed by atoms with Gasteiger partial charge in [-0.1, -0.05) is 12.1 Å². The fourth-order valence-electron chi connectivity index (χ4n) is 2.85. The molecule has 0 aliphatic carbocycles. The number of halogens is 2. The van der Waals surface area contributed by atoms with E-state index in [1.54, 1.807) is 24.4 Å². The quantitative estimate of drug-likeness (QED) is 0.517. The number of rotatable bonds is 5. The van der Waals surface area contributed by atoms with E-state index in [9.17, 15) is 18.4 Å². The highest BCUT2D eigenvalue weighted by molar-refractivity contribution is 7.09. The summed E-state index contributed by atoms with van der Waals surface area (Å²) in [5, 5.41) is 5.97. The van der Waals surface area contributed by atoms with Gasteiger partial charge in [0, 0.05) is 17.1 Å². The molecule has 4 rings (SSSR count). The summed E-state index contributed by atoms with van der Waals surface area (Å²) in [6.45, 7) is -0.274. The molecule has 28 heavy (non-hydrogen) atoms. The van der Waals surface area contributed by atoms with E-state index in [4.69, 9.17) is 0 Å². The highest BCUT2D eigenvalue weighted by Crippen LogP contribution is 2.24. The van der Waals surface area contributed by atoms with Crippen molar-refractivity contribution in [2.75, 3.05) is 4.90 Å². The standard InChI is InChI=1S/C19H14F2N4O2S/c20-13-6-7-16(15(21)10-13)24(11-14-4-3-9-28-14)18(26)12-25-19(27)23-8-2-1-5-17(23)22-25/h1-10H,11-12H2. The van der Waals surface area contributed by atoms with Crippen molar-refractivity contribution in [2.24, 2.45) is 0 Å². The van der Waals surface area contributed by atoms with Gasteiger partial charge >= 0.3 is 5.69 Å². The predicted octanol–water partition coefficient (Wildman–Crippen LogP) is 3.07. The number of hydrogen-bond donors (Lipinski definition) is 0. The molecule has 6 nitrogen and oxygen atoms in total. The molecule has 0 bridgehead atoms. The Hall–Kier alpha value is -3.33. The summed E-state index contributed by atoms with van der Waals surface area (Å²) in [7, 11) is 0. The van der Waals surface area contributed by atoms with E-state index in [2.05, 4.69) is 5.10 Å². The van der Waals surface area contributed by atoms with Crippen LogP contribution < -0.4 is 10.6 Å². The summed E-state index contributed by atoms with van der Waals surface area (Å²) >= 11 is 1.41. The minimum atomic E-state index is -0.854. The van der Waals surface area contributed by atoms with Crippen molar-refractivity contribution in [3.05, 3.63) is 87.1 Å². The number of carbonyl (C=O) groups is 1. The van der Waals surface area contributed by atoms with Crippen LogP contribution in [0.3, 0.4) is 0 Å². The Balaban J connectivity index is 1.69. The normalized spacial score (nSPS) is 11.1. The second-order valence-electron chi connectivity index (χ2n) is 6.02. The van der Waals surface area contributed by atoms with Crippen LogP contribution in [0.4, 0.5) is 14.5 Å². The maximum atomic E-state index is 14.4. The summed E-state index contributed by atoms with van der Waals surface area (Å²) in [6.07, 6.45) is 1.55. The molecule has 0 saturated carbocycles. The molecule has 0 atom stereocenters. The largest absolute Gasteiger partial charge is 0.350 e. The summed E-state index contributed by atoms with van der Waals surface area (Å²) in [5.74, 6) is -2.13. The molecule has 3 heterocycles. The van der Waals surface area contributed by atoms with Gasteiger partial charge in [0.15, 0.2) is 5.65 Å². The average molecular weight is 400 g/mol. The van der Waals surface area contributed by atoms with Crippen LogP contribution in [0.1, 0.15) is 4.88 Å². The zero-order chi connectivity index (χ0) is 19.7. The van der Waals surface area contributed by atoms with Crippen molar-refractivity contribution in [1.82, 2.24) is 14.2 Å². The molecule has 3 aromatic heterocycles. The summed E-state index contributed by atoms with van der Waals surface area (Å²) in [6, 6.07) is 11.7. The molecule has 4 aromatic rings. The molecule has 0 unspecified atom stereocenters. The van der Waals surface area contributed by atoms with Crippen LogP contribution in [0, 0.1) is 11.6 Å². The van der Waals surface area contributed by atoms with Gasteiger partial charge in [-0.3, -0.25) is 9.20 Å². The van der Waals surface area contributed by atoms with E-state index in [1.165, 1.54) is 26.7 Å². The highest BCUT2D eigenvalue weighted by atomic mass is 32.1. The Kier molecular flexibility index (Phi) is 4.74. The van der Waals surface area contributed by atoms with E-state index >= 15 is 0 Å². The number of aromatic nitrogens is 3. The van der Waals surface area contributed by atoms with Gasteiger partial charge in [0.05, 0.1) is 12.2 Å². The van der Waals surface area contributed by atoms with E-state index in [0.717, 1.165) is 21.7 Å². The molecular weight excluding hydrogens is 386 g/mol. The van der Waals surface area contributed by atoms with Gasteiger partial charge in [-0.15, -0.1) is 16.4 Å². The molecule has 142 valence electrons. The molecule has 0 aliphatic rings. The van der Waals surface area contributed by atoms with Crippen LogP contribution in [0.25, 0.3) is 5.65 Å². The number of nitrogens with zero attached hydrogens (tertiary/aromatic N) is 4. The summed E-state index contributed by atoms with van der Waals surface area (Å²) < 4.78 is 30.0. The Morgan fingerprint density at radius 3 is 2.71 bits per heavy atom. The van der Waals surface area contributed by atoms with E-state index in [0.29, 0.717) is 5.65 Å². The van der Waals surface area contributed by atoms with E-state index < -0.39 is 23.2 Å². The number of benzene rings is 1. The number of fused-ring (bicyclic) bond motifs is 1. The maximum absolute atomic E-state index is 14.4. The molecule has 1 amide bonds. The Morgan fingerprint density at radius 2 is 2.00 bits per heavy atom. The third-order valence-corrected chi connectivity index (χ3v) is 5.03. The number of pyridine rings is 1. The smallest absolute Gasteiger partial charge is 0.303 e. The van der Waals surface area contributed by atoms with Crippen LogP contribution in [0.15, 0.2) is 64.9 Å². The van der Waals surface area contributed by atoms with E-state index in [-0.39, 0.29) is 18.8 Å². The second kappa shape index (κ2) is 7.35. The second-order valence-corrected chi connectivity index (χ2v) is 7.06. The van der Waals surface area contributed by atoms with Crippen LogP contribution in [-0.2, 0) is 17.9 Å². The van der Waals surface area contributed by atoms with Gasteiger partial charge in [-0.05, 0) is 35.7 Å². The third-order valence-electron chi connectivity index (χ3n) is 4.17. The predicted molar refractivity (Wildman–Crippen MR) is 101 cm³/mol. The van der Waals surface area contributed by atoms with Crippen molar-refractivity contribution in [1.29, 1.82) is 0 Å². The number of hydrogen-bond acceptors (Lipinski definition) is 4. The first-order valence-electron chi connectivity index (χ1n) is 8.35. The Morgan fingerprint density at radius 1 is 1.14 bits per heavy atom. The molecule has 0 spiro atoms. The monoisotopic (exact) mass is 400 g/mol. The maximum Gasteiger partial charge on any atom is 0.350 e. The number of anilines is 1. The van der Waals surface area contributed by atoms with Gasteiger partial charge in [0.25, 0.3) is 0 Å². The highest BCUT2D eigenvalue weighted by Gasteiger charge is 2.22. The topological polar surface area (TPSA) is 59.6 Å². The van der Waals surface area contributed by atoms with Gasteiger partial charge in [-0.2, -0.15) is 0 Å². The van der Waals surface area contributed by atoms with Crippen LogP contribution in [0.5, 0.6) is 0 Å². The van der Waals surface area contributed by atoms with Gasteiger partial charge < -0.3 is 4.90 Å². The lowest BCUT2D eigenvalue weighted by molar-refractivity contribution is -0.119. The number of carbonyl (C=O) groups excluding carboxylic acids is 1. The van der Waals surface area contributed by atoms with Crippen molar-refractivity contribution in [3.63, 3.8) is 0 Å².